The van der Waals surface area contributed by atoms with E-state index < -0.39 is 0 Å². The minimum Gasteiger partial charge on any atom is -0.384 e. The molecule has 1 amide bonds. The first-order valence-corrected chi connectivity index (χ1v) is 7.40. The van der Waals surface area contributed by atoms with Gasteiger partial charge in [-0.2, -0.15) is 0 Å². The molecule has 2 aliphatic rings. The average molecular weight is 258 g/mol. The molecule has 19 heavy (non-hydrogen) atoms. The van der Waals surface area contributed by atoms with Crippen molar-refractivity contribution in [2.75, 3.05) is 11.9 Å². The molecule has 0 spiro atoms. The van der Waals surface area contributed by atoms with Gasteiger partial charge < -0.3 is 10.6 Å². The summed E-state index contributed by atoms with van der Waals surface area (Å²) in [6.07, 6.45) is 5.78. The van der Waals surface area contributed by atoms with Crippen molar-refractivity contribution in [3.05, 3.63) is 29.3 Å². The van der Waals surface area contributed by atoms with E-state index in [0.717, 1.165) is 43.0 Å². The van der Waals surface area contributed by atoms with Gasteiger partial charge in [0, 0.05) is 23.8 Å². The van der Waals surface area contributed by atoms with Crippen LogP contribution in [0.25, 0.3) is 0 Å². The van der Waals surface area contributed by atoms with Crippen molar-refractivity contribution in [3.8, 4) is 0 Å². The number of anilines is 1. The standard InChI is InChI=1S/C16H22N2O/c1-11-2-6-14(7-3-11)18-16(19)13-5-4-12-8-9-17-15(12)10-13/h4-5,10-11,14,17H,2-3,6-9H2,1H3,(H,18,19). The van der Waals surface area contributed by atoms with E-state index >= 15 is 0 Å². The Hall–Kier alpha value is -1.51. The Labute approximate surface area is 114 Å². The number of carbonyl (C=O) groups excluding carboxylic acids is 1. The molecule has 0 saturated heterocycles. The summed E-state index contributed by atoms with van der Waals surface area (Å²) in [5.41, 5.74) is 3.24. The third-order valence-corrected chi connectivity index (χ3v) is 4.43. The highest BCUT2D eigenvalue weighted by atomic mass is 16.1. The van der Waals surface area contributed by atoms with Gasteiger partial charge in [-0.05, 0) is 55.7 Å². The van der Waals surface area contributed by atoms with Crippen molar-refractivity contribution >= 4 is 11.6 Å². The van der Waals surface area contributed by atoms with Crippen LogP contribution in [0.1, 0.15) is 48.5 Å². The molecule has 1 heterocycles. The molecule has 1 saturated carbocycles. The molecule has 1 fully saturated rings. The lowest BCUT2D eigenvalue weighted by atomic mass is 9.87. The summed E-state index contributed by atoms with van der Waals surface area (Å²) in [6.45, 7) is 3.28. The van der Waals surface area contributed by atoms with Crippen LogP contribution >= 0.6 is 0 Å². The zero-order valence-electron chi connectivity index (χ0n) is 11.5. The zero-order valence-corrected chi connectivity index (χ0v) is 11.5. The van der Waals surface area contributed by atoms with Gasteiger partial charge in [0.15, 0.2) is 0 Å². The van der Waals surface area contributed by atoms with E-state index in [9.17, 15) is 4.79 Å². The van der Waals surface area contributed by atoms with E-state index in [4.69, 9.17) is 0 Å². The summed E-state index contributed by atoms with van der Waals surface area (Å²) in [5.74, 6) is 0.897. The van der Waals surface area contributed by atoms with Gasteiger partial charge in [0.2, 0.25) is 0 Å². The molecule has 0 unspecified atom stereocenters. The fraction of sp³-hybridized carbons (Fsp3) is 0.562. The quantitative estimate of drug-likeness (QED) is 0.856. The summed E-state index contributed by atoms with van der Waals surface area (Å²) in [4.78, 5) is 12.3. The lowest BCUT2D eigenvalue weighted by Gasteiger charge is -2.27. The van der Waals surface area contributed by atoms with Crippen LogP contribution < -0.4 is 10.6 Å². The lowest BCUT2D eigenvalue weighted by molar-refractivity contribution is 0.0923. The Morgan fingerprint density at radius 2 is 2.05 bits per heavy atom. The number of nitrogens with one attached hydrogen (secondary N) is 2. The number of hydrogen-bond donors (Lipinski definition) is 2. The van der Waals surface area contributed by atoms with Gasteiger partial charge in [-0.1, -0.05) is 13.0 Å². The second kappa shape index (κ2) is 5.24. The molecule has 0 radical (unpaired) electrons. The van der Waals surface area contributed by atoms with Crippen LogP contribution in [0.5, 0.6) is 0 Å². The maximum Gasteiger partial charge on any atom is 0.251 e. The van der Waals surface area contributed by atoms with Crippen molar-refractivity contribution in [2.45, 2.75) is 45.1 Å². The molecule has 3 nitrogen and oxygen atoms in total. The largest absolute Gasteiger partial charge is 0.384 e. The molecule has 1 aliphatic carbocycles. The van der Waals surface area contributed by atoms with Crippen LogP contribution in [0.4, 0.5) is 5.69 Å². The van der Waals surface area contributed by atoms with E-state index in [1.165, 1.54) is 18.4 Å². The summed E-state index contributed by atoms with van der Waals surface area (Å²) >= 11 is 0. The SMILES string of the molecule is CC1CCC(NC(=O)c2ccc3c(c2)NCC3)CC1. The smallest absolute Gasteiger partial charge is 0.251 e. The topological polar surface area (TPSA) is 41.1 Å². The van der Waals surface area contributed by atoms with Crippen LogP contribution in [0, 0.1) is 5.92 Å². The van der Waals surface area contributed by atoms with Gasteiger partial charge in [-0.25, -0.2) is 0 Å². The highest BCUT2D eigenvalue weighted by Crippen LogP contribution is 2.25. The van der Waals surface area contributed by atoms with E-state index in [2.05, 4.69) is 23.6 Å². The predicted molar refractivity (Wildman–Crippen MR) is 77.5 cm³/mol. The predicted octanol–water partition coefficient (Wildman–Crippen LogP) is 2.96. The molecule has 0 aromatic heterocycles. The van der Waals surface area contributed by atoms with Crippen molar-refractivity contribution in [1.29, 1.82) is 0 Å². The zero-order chi connectivity index (χ0) is 13.2. The van der Waals surface area contributed by atoms with Crippen molar-refractivity contribution in [1.82, 2.24) is 5.32 Å². The monoisotopic (exact) mass is 258 g/mol. The lowest BCUT2D eigenvalue weighted by Crippen LogP contribution is -2.37. The normalized spacial score (nSPS) is 25.5. The molecular weight excluding hydrogens is 236 g/mol. The van der Waals surface area contributed by atoms with Crippen LogP contribution in [0.2, 0.25) is 0 Å². The minimum atomic E-state index is 0.0797. The van der Waals surface area contributed by atoms with Crippen LogP contribution in [-0.4, -0.2) is 18.5 Å². The molecule has 1 aromatic rings. The Morgan fingerprint density at radius 1 is 1.26 bits per heavy atom. The Balaban J connectivity index is 1.64. The van der Waals surface area contributed by atoms with Crippen LogP contribution in [-0.2, 0) is 6.42 Å². The molecule has 0 atom stereocenters. The molecule has 3 rings (SSSR count). The van der Waals surface area contributed by atoms with E-state index in [-0.39, 0.29) is 5.91 Å². The number of benzene rings is 1. The molecule has 1 aliphatic heterocycles. The highest BCUT2D eigenvalue weighted by Gasteiger charge is 2.21. The Kier molecular flexibility index (Phi) is 3.45. The first kappa shape index (κ1) is 12.5. The maximum absolute atomic E-state index is 12.3. The fourth-order valence-corrected chi connectivity index (χ4v) is 3.11. The van der Waals surface area contributed by atoms with Gasteiger partial charge in [0.25, 0.3) is 5.91 Å². The second-order valence-corrected chi connectivity index (χ2v) is 5.98. The van der Waals surface area contributed by atoms with Gasteiger partial charge in [-0.3, -0.25) is 4.79 Å². The minimum absolute atomic E-state index is 0.0797. The van der Waals surface area contributed by atoms with Gasteiger partial charge in [-0.15, -0.1) is 0 Å². The fourth-order valence-electron chi connectivity index (χ4n) is 3.11. The first-order chi connectivity index (χ1) is 9.22. The Morgan fingerprint density at radius 3 is 2.84 bits per heavy atom. The van der Waals surface area contributed by atoms with Crippen molar-refractivity contribution in [3.63, 3.8) is 0 Å². The molecular formula is C16H22N2O. The third-order valence-electron chi connectivity index (χ3n) is 4.43. The molecule has 2 N–H and O–H groups in total. The van der Waals surface area contributed by atoms with Gasteiger partial charge >= 0.3 is 0 Å². The molecule has 1 aromatic carbocycles. The number of fused-ring (bicyclic) bond motifs is 1. The number of carbonyl (C=O) groups is 1. The van der Waals surface area contributed by atoms with Gasteiger partial charge in [0.1, 0.15) is 0 Å². The van der Waals surface area contributed by atoms with E-state index in [1.54, 1.807) is 0 Å². The van der Waals surface area contributed by atoms with E-state index in [0.29, 0.717) is 6.04 Å². The number of hydrogen-bond acceptors (Lipinski definition) is 2. The molecule has 102 valence electrons. The number of rotatable bonds is 2. The van der Waals surface area contributed by atoms with Crippen molar-refractivity contribution < 1.29 is 4.79 Å². The van der Waals surface area contributed by atoms with Crippen LogP contribution in [0.3, 0.4) is 0 Å². The molecule has 3 heteroatoms. The third kappa shape index (κ3) is 2.75. The first-order valence-electron chi connectivity index (χ1n) is 7.40. The van der Waals surface area contributed by atoms with Crippen molar-refractivity contribution in [2.24, 2.45) is 5.92 Å². The summed E-state index contributed by atoms with van der Waals surface area (Å²) in [6, 6.07) is 6.38. The highest BCUT2D eigenvalue weighted by molar-refractivity contribution is 5.95. The molecule has 0 bridgehead atoms. The summed E-state index contributed by atoms with van der Waals surface area (Å²) in [5, 5.41) is 6.50. The summed E-state index contributed by atoms with van der Waals surface area (Å²) in [7, 11) is 0. The van der Waals surface area contributed by atoms with Gasteiger partial charge in [0.05, 0.1) is 0 Å². The second-order valence-electron chi connectivity index (χ2n) is 5.98. The average Bonchev–Trinajstić information content (AvgIpc) is 2.88. The van der Waals surface area contributed by atoms with Crippen LogP contribution in [0.15, 0.2) is 18.2 Å². The Bertz CT molecular complexity index is 476. The van der Waals surface area contributed by atoms with E-state index in [1.807, 2.05) is 12.1 Å². The number of amides is 1. The summed E-state index contributed by atoms with van der Waals surface area (Å²) < 4.78 is 0. The maximum atomic E-state index is 12.3.